The first-order valence-corrected chi connectivity index (χ1v) is 7.70. The van der Waals surface area contributed by atoms with Crippen molar-refractivity contribution >= 4 is 21.9 Å². The first-order valence-electron chi connectivity index (χ1n) is 7.70. The lowest BCUT2D eigenvalue weighted by Crippen LogP contribution is -2.12. The second-order valence-electron chi connectivity index (χ2n) is 5.63. The third-order valence-corrected chi connectivity index (χ3v) is 4.04. The molecule has 4 aromatic rings. The number of pyridine rings is 1. The van der Waals surface area contributed by atoms with Crippen LogP contribution >= 0.6 is 0 Å². The standard InChI is InChI=1S/C17H14F3N5/c18-17(19,20)15-13-14(10-4-1-2-5-11(10)23-15)25(9-7-21)16(24-13)12-6-3-8-22-12/h1-6,8,22H,7,9,21H2. The molecular formula is C17H14F3N5. The van der Waals surface area contributed by atoms with Crippen molar-refractivity contribution < 1.29 is 13.2 Å². The van der Waals surface area contributed by atoms with E-state index in [4.69, 9.17) is 5.73 Å². The predicted octanol–water partition coefficient (Wildman–Crippen LogP) is 3.56. The Morgan fingerprint density at radius 1 is 1.08 bits per heavy atom. The molecule has 1 aromatic carbocycles. The molecule has 4 rings (SSSR count). The van der Waals surface area contributed by atoms with E-state index in [2.05, 4.69) is 15.0 Å². The molecule has 0 saturated carbocycles. The van der Waals surface area contributed by atoms with Crippen LogP contribution in [-0.2, 0) is 12.7 Å². The van der Waals surface area contributed by atoms with Crippen LogP contribution in [0.2, 0.25) is 0 Å². The molecule has 3 aromatic heterocycles. The summed E-state index contributed by atoms with van der Waals surface area (Å²) in [6, 6.07) is 10.3. The molecule has 25 heavy (non-hydrogen) atoms. The maximum absolute atomic E-state index is 13.6. The van der Waals surface area contributed by atoms with E-state index in [-0.39, 0.29) is 17.6 Å². The topological polar surface area (TPSA) is 72.5 Å². The van der Waals surface area contributed by atoms with Crippen molar-refractivity contribution in [2.45, 2.75) is 12.7 Å². The Kier molecular flexibility index (Phi) is 3.50. The zero-order chi connectivity index (χ0) is 17.6. The summed E-state index contributed by atoms with van der Waals surface area (Å²) in [6.45, 7) is 0.618. The zero-order valence-corrected chi connectivity index (χ0v) is 13.0. The molecule has 0 aliphatic carbocycles. The first kappa shape index (κ1) is 15.6. The van der Waals surface area contributed by atoms with Crippen LogP contribution in [0.4, 0.5) is 13.2 Å². The number of para-hydroxylation sites is 1. The minimum atomic E-state index is -4.60. The highest BCUT2D eigenvalue weighted by Gasteiger charge is 2.37. The van der Waals surface area contributed by atoms with Crippen molar-refractivity contribution in [3.05, 3.63) is 48.3 Å². The van der Waals surface area contributed by atoms with E-state index in [1.807, 2.05) is 0 Å². The SMILES string of the molecule is NCCn1c(-c2ccc[nH]2)nc2c(C(F)(F)F)nc3ccccc3c21. The van der Waals surface area contributed by atoms with Gasteiger partial charge in [-0.2, -0.15) is 13.2 Å². The minimum Gasteiger partial charge on any atom is -0.359 e. The molecule has 0 aliphatic heterocycles. The summed E-state index contributed by atoms with van der Waals surface area (Å²) in [5.41, 5.74) is 5.86. The molecule has 0 bridgehead atoms. The predicted molar refractivity (Wildman–Crippen MR) is 88.9 cm³/mol. The summed E-state index contributed by atoms with van der Waals surface area (Å²) in [5.74, 6) is 0.411. The van der Waals surface area contributed by atoms with Gasteiger partial charge in [0.15, 0.2) is 11.5 Å². The van der Waals surface area contributed by atoms with Gasteiger partial charge in [-0.05, 0) is 18.2 Å². The number of halogens is 3. The molecule has 0 spiro atoms. The summed E-state index contributed by atoms with van der Waals surface area (Å²) < 4.78 is 42.4. The zero-order valence-electron chi connectivity index (χ0n) is 13.0. The molecular weight excluding hydrogens is 331 g/mol. The van der Waals surface area contributed by atoms with Crippen molar-refractivity contribution in [3.8, 4) is 11.5 Å². The normalized spacial score (nSPS) is 12.3. The Morgan fingerprint density at radius 2 is 1.88 bits per heavy atom. The van der Waals surface area contributed by atoms with Crippen LogP contribution in [0.5, 0.6) is 0 Å². The van der Waals surface area contributed by atoms with E-state index in [1.54, 1.807) is 47.2 Å². The van der Waals surface area contributed by atoms with Crippen LogP contribution in [-0.4, -0.2) is 26.1 Å². The second-order valence-corrected chi connectivity index (χ2v) is 5.63. The lowest BCUT2D eigenvalue weighted by atomic mass is 10.1. The van der Waals surface area contributed by atoms with Crippen LogP contribution < -0.4 is 5.73 Å². The van der Waals surface area contributed by atoms with Crippen LogP contribution in [0, 0.1) is 0 Å². The number of hydrogen-bond acceptors (Lipinski definition) is 3. The lowest BCUT2D eigenvalue weighted by Gasteiger charge is -2.11. The second kappa shape index (κ2) is 5.59. The Balaban J connectivity index is 2.19. The van der Waals surface area contributed by atoms with E-state index in [9.17, 15) is 13.2 Å². The number of nitrogens with one attached hydrogen (secondary N) is 1. The van der Waals surface area contributed by atoms with E-state index in [0.717, 1.165) is 0 Å². The number of benzene rings is 1. The van der Waals surface area contributed by atoms with Gasteiger partial charge in [0.25, 0.3) is 0 Å². The van der Waals surface area contributed by atoms with Gasteiger partial charge in [-0.1, -0.05) is 18.2 Å². The number of alkyl halides is 3. The molecule has 0 unspecified atom stereocenters. The van der Waals surface area contributed by atoms with Gasteiger partial charge in [-0.15, -0.1) is 0 Å². The molecule has 128 valence electrons. The Bertz CT molecular complexity index is 1050. The fourth-order valence-electron chi connectivity index (χ4n) is 3.06. The van der Waals surface area contributed by atoms with Crippen molar-refractivity contribution in [1.82, 2.24) is 19.5 Å². The molecule has 8 heteroatoms. The monoisotopic (exact) mass is 345 g/mol. The summed E-state index contributed by atoms with van der Waals surface area (Å²) >= 11 is 0. The van der Waals surface area contributed by atoms with E-state index in [0.29, 0.717) is 29.0 Å². The fraction of sp³-hybridized carbons (Fsp3) is 0.176. The number of imidazole rings is 1. The molecule has 3 heterocycles. The van der Waals surface area contributed by atoms with Crippen molar-refractivity contribution in [1.29, 1.82) is 0 Å². The maximum Gasteiger partial charge on any atom is 0.435 e. The molecule has 3 N–H and O–H groups in total. The van der Waals surface area contributed by atoms with Crippen molar-refractivity contribution in [2.24, 2.45) is 5.73 Å². The number of H-pyrrole nitrogens is 1. The molecule has 0 aliphatic rings. The number of fused-ring (bicyclic) bond motifs is 3. The number of hydrogen-bond donors (Lipinski definition) is 2. The number of aromatic amines is 1. The smallest absolute Gasteiger partial charge is 0.359 e. The Labute approximate surface area is 140 Å². The van der Waals surface area contributed by atoms with Gasteiger partial charge in [0.05, 0.1) is 16.7 Å². The number of rotatable bonds is 3. The van der Waals surface area contributed by atoms with Gasteiger partial charge in [-0.25, -0.2) is 9.97 Å². The summed E-state index contributed by atoms with van der Waals surface area (Å²) in [7, 11) is 0. The van der Waals surface area contributed by atoms with Crippen LogP contribution in [0.1, 0.15) is 5.69 Å². The van der Waals surface area contributed by atoms with Gasteiger partial charge in [0, 0.05) is 24.7 Å². The fourth-order valence-corrected chi connectivity index (χ4v) is 3.06. The van der Waals surface area contributed by atoms with E-state index >= 15 is 0 Å². The largest absolute Gasteiger partial charge is 0.435 e. The van der Waals surface area contributed by atoms with E-state index < -0.39 is 11.9 Å². The Hall–Kier alpha value is -2.87. The first-order chi connectivity index (χ1) is 12.0. The highest BCUT2D eigenvalue weighted by atomic mass is 19.4. The molecule has 0 amide bonds. The molecule has 0 radical (unpaired) electrons. The Morgan fingerprint density at radius 3 is 2.56 bits per heavy atom. The summed E-state index contributed by atoms with van der Waals surface area (Å²) in [4.78, 5) is 11.1. The average Bonchev–Trinajstić information content (AvgIpc) is 3.21. The quantitative estimate of drug-likeness (QED) is 0.596. The summed E-state index contributed by atoms with van der Waals surface area (Å²) in [6.07, 6.45) is -2.90. The van der Waals surface area contributed by atoms with Crippen molar-refractivity contribution in [2.75, 3.05) is 6.54 Å². The van der Waals surface area contributed by atoms with E-state index in [1.165, 1.54) is 0 Å². The van der Waals surface area contributed by atoms with Gasteiger partial charge in [0.1, 0.15) is 5.52 Å². The number of nitrogens with two attached hydrogens (primary N) is 1. The van der Waals surface area contributed by atoms with Crippen LogP contribution in [0.15, 0.2) is 42.6 Å². The van der Waals surface area contributed by atoms with Gasteiger partial charge in [-0.3, -0.25) is 0 Å². The average molecular weight is 345 g/mol. The molecule has 0 atom stereocenters. The molecule has 5 nitrogen and oxygen atoms in total. The van der Waals surface area contributed by atoms with Gasteiger partial charge >= 0.3 is 6.18 Å². The lowest BCUT2D eigenvalue weighted by molar-refractivity contribution is -0.139. The van der Waals surface area contributed by atoms with Crippen LogP contribution in [0.25, 0.3) is 33.5 Å². The van der Waals surface area contributed by atoms with Gasteiger partial charge in [0.2, 0.25) is 0 Å². The summed E-state index contributed by atoms with van der Waals surface area (Å²) in [5, 5.41) is 0.615. The maximum atomic E-state index is 13.6. The highest BCUT2D eigenvalue weighted by molar-refractivity contribution is 6.04. The van der Waals surface area contributed by atoms with Crippen molar-refractivity contribution in [3.63, 3.8) is 0 Å². The highest BCUT2D eigenvalue weighted by Crippen LogP contribution is 2.38. The van der Waals surface area contributed by atoms with Gasteiger partial charge < -0.3 is 15.3 Å². The van der Waals surface area contributed by atoms with Crippen LogP contribution in [0.3, 0.4) is 0 Å². The number of nitrogens with zero attached hydrogens (tertiary/aromatic N) is 3. The molecule has 0 saturated heterocycles. The minimum absolute atomic E-state index is 0.163. The molecule has 0 fully saturated rings. The number of aromatic nitrogens is 4. The third kappa shape index (κ3) is 2.45. The third-order valence-electron chi connectivity index (χ3n) is 4.04.